The standard InChI is InChI=1S/C28H24ClO5P/c29-25-15-11-22(12-16-25)20-24(19-21-7-3-1-4-8-21)28(30)23-13-17-27(18-14-23)34-35(31,32)33-26-9-5-2-6-10-26/h1-18,24H,19-20H2,(H,31,32). The first-order valence-electron chi connectivity index (χ1n) is 11.1. The second-order valence-corrected chi connectivity index (χ2v) is 9.81. The molecule has 0 aromatic heterocycles. The Balaban J connectivity index is 1.49. The predicted octanol–water partition coefficient (Wildman–Crippen LogP) is 7.18. The third-order valence-corrected chi connectivity index (χ3v) is 6.55. The Kier molecular flexibility index (Phi) is 8.04. The van der Waals surface area contributed by atoms with Crippen molar-refractivity contribution in [3.8, 4) is 11.5 Å². The Morgan fingerprint density at radius 3 is 1.77 bits per heavy atom. The number of Topliss-reactive ketones (excluding diaryl/α,β-unsaturated/α-hetero) is 1. The summed E-state index contributed by atoms with van der Waals surface area (Å²) in [6.45, 7) is 0. The minimum absolute atomic E-state index is 0.0249. The van der Waals surface area contributed by atoms with E-state index in [0.717, 1.165) is 11.1 Å². The van der Waals surface area contributed by atoms with Crippen molar-refractivity contribution in [2.75, 3.05) is 0 Å². The first-order chi connectivity index (χ1) is 16.9. The Bertz CT molecular complexity index is 1290. The van der Waals surface area contributed by atoms with Crippen LogP contribution in [0.15, 0.2) is 109 Å². The second-order valence-electron chi connectivity index (χ2n) is 8.07. The van der Waals surface area contributed by atoms with E-state index in [2.05, 4.69) is 0 Å². The molecule has 35 heavy (non-hydrogen) atoms. The van der Waals surface area contributed by atoms with Crippen LogP contribution in [0.3, 0.4) is 0 Å². The molecule has 0 aliphatic heterocycles. The number of para-hydroxylation sites is 1. The molecular formula is C28H24ClO5P. The van der Waals surface area contributed by atoms with Crippen LogP contribution in [0, 0.1) is 5.92 Å². The lowest BCUT2D eigenvalue weighted by Crippen LogP contribution is -2.20. The fraction of sp³-hybridized carbons (Fsp3) is 0.107. The molecule has 0 heterocycles. The number of carbonyl (C=O) groups is 1. The molecule has 0 saturated heterocycles. The van der Waals surface area contributed by atoms with Crippen LogP contribution >= 0.6 is 19.4 Å². The van der Waals surface area contributed by atoms with E-state index in [1.807, 2.05) is 54.6 Å². The highest BCUT2D eigenvalue weighted by Crippen LogP contribution is 2.44. The molecular weight excluding hydrogens is 483 g/mol. The van der Waals surface area contributed by atoms with Crippen LogP contribution in [0.2, 0.25) is 5.02 Å². The summed E-state index contributed by atoms with van der Waals surface area (Å²) in [4.78, 5) is 23.5. The number of hydrogen-bond donors (Lipinski definition) is 1. The molecule has 0 saturated carbocycles. The summed E-state index contributed by atoms with van der Waals surface area (Å²) >= 11 is 6.02. The van der Waals surface area contributed by atoms with E-state index >= 15 is 0 Å². The van der Waals surface area contributed by atoms with Gasteiger partial charge in [-0.3, -0.25) is 9.69 Å². The van der Waals surface area contributed by atoms with E-state index in [0.29, 0.717) is 23.4 Å². The van der Waals surface area contributed by atoms with Crippen molar-refractivity contribution >= 4 is 25.2 Å². The molecule has 0 fully saturated rings. The van der Waals surface area contributed by atoms with E-state index in [9.17, 15) is 14.3 Å². The van der Waals surface area contributed by atoms with Gasteiger partial charge in [0, 0.05) is 16.5 Å². The van der Waals surface area contributed by atoms with Gasteiger partial charge in [-0.1, -0.05) is 72.3 Å². The molecule has 5 nitrogen and oxygen atoms in total. The van der Waals surface area contributed by atoms with Crippen molar-refractivity contribution in [1.82, 2.24) is 0 Å². The highest BCUT2D eigenvalue weighted by atomic mass is 35.5. The maximum Gasteiger partial charge on any atom is 0.584 e. The zero-order valence-electron chi connectivity index (χ0n) is 18.8. The Labute approximate surface area is 209 Å². The molecule has 0 aliphatic rings. The maximum atomic E-state index is 13.5. The lowest BCUT2D eigenvalue weighted by molar-refractivity contribution is 0.0918. The van der Waals surface area contributed by atoms with Gasteiger partial charge in [0.05, 0.1) is 0 Å². The Morgan fingerprint density at radius 2 is 1.20 bits per heavy atom. The molecule has 4 aromatic carbocycles. The summed E-state index contributed by atoms with van der Waals surface area (Å²) in [5.41, 5.74) is 2.57. The van der Waals surface area contributed by atoms with Crippen LogP contribution in [0.1, 0.15) is 21.5 Å². The summed E-state index contributed by atoms with van der Waals surface area (Å²) in [6, 6.07) is 31.8. The molecule has 0 aliphatic carbocycles. The van der Waals surface area contributed by atoms with Gasteiger partial charge in [0.15, 0.2) is 5.78 Å². The van der Waals surface area contributed by atoms with Crippen LogP contribution in [0.5, 0.6) is 11.5 Å². The molecule has 2 atom stereocenters. The summed E-state index contributed by atoms with van der Waals surface area (Å²) in [5, 5.41) is 0.646. The van der Waals surface area contributed by atoms with Crippen molar-refractivity contribution < 1.29 is 23.3 Å². The third-order valence-electron chi connectivity index (χ3n) is 5.41. The smallest absolute Gasteiger partial charge is 0.395 e. The van der Waals surface area contributed by atoms with Gasteiger partial charge < -0.3 is 9.05 Å². The van der Waals surface area contributed by atoms with Gasteiger partial charge in [0.25, 0.3) is 0 Å². The molecule has 2 unspecified atom stereocenters. The number of benzene rings is 4. The molecule has 4 aromatic rings. The zero-order chi connectivity index (χ0) is 24.7. The average molecular weight is 507 g/mol. The number of phosphoric ester groups is 1. The number of ketones is 1. The van der Waals surface area contributed by atoms with Crippen LogP contribution in [-0.2, 0) is 17.4 Å². The number of phosphoric acid groups is 1. The molecule has 7 heteroatoms. The number of halogens is 1. The van der Waals surface area contributed by atoms with Gasteiger partial charge in [-0.05, 0) is 72.5 Å². The first kappa shape index (κ1) is 24.7. The van der Waals surface area contributed by atoms with Crippen molar-refractivity contribution in [3.05, 3.63) is 131 Å². The highest BCUT2D eigenvalue weighted by Gasteiger charge is 2.26. The minimum atomic E-state index is -4.39. The lowest BCUT2D eigenvalue weighted by Gasteiger charge is -2.17. The molecule has 0 bridgehead atoms. The summed E-state index contributed by atoms with van der Waals surface area (Å²) in [6.07, 6.45) is 1.14. The van der Waals surface area contributed by atoms with Gasteiger partial charge in [0.2, 0.25) is 0 Å². The lowest BCUT2D eigenvalue weighted by atomic mass is 9.86. The number of rotatable bonds is 10. The molecule has 0 radical (unpaired) electrons. The van der Waals surface area contributed by atoms with Crippen LogP contribution in [0.25, 0.3) is 0 Å². The van der Waals surface area contributed by atoms with Crippen molar-refractivity contribution in [2.24, 2.45) is 5.92 Å². The normalized spacial score (nSPS) is 13.4. The van der Waals surface area contributed by atoms with Crippen molar-refractivity contribution in [1.29, 1.82) is 0 Å². The van der Waals surface area contributed by atoms with E-state index in [1.165, 1.54) is 12.1 Å². The molecule has 0 amide bonds. The maximum absolute atomic E-state index is 13.5. The van der Waals surface area contributed by atoms with Gasteiger partial charge in [-0.25, -0.2) is 4.57 Å². The summed E-state index contributed by atoms with van der Waals surface area (Å²) < 4.78 is 22.6. The topological polar surface area (TPSA) is 72.8 Å². The minimum Gasteiger partial charge on any atom is -0.395 e. The van der Waals surface area contributed by atoms with E-state index in [-0.39, 0.29) is 23.2 Å². The van der Waals surface area contributed by atoms with Crippen LogP contribution < -0.4 is 9.05 Å². The average Bonchev–Trinajstić information content (AvgIpc) is 2.86. The van der Waals surface area contributed by atoms with Crippen molar-refractivity contribution in [2.45, 2.75) is 12.8 Å². The quantitative estimate of drug-likeness (QED) is 0.182. The van der Waals surface area contributed by atoms with Gasteiger partial charge in [-0.15, -0.1) is 0 Å². The Hall–Kier alpha value is -3.37. The van der Waals surface area contributed by atoms with Gasteiger partial charge >= 0.3 is 7.82 Å². The number of hydrogen-bond acceptors (Lipinski definition) is 4. The van der Waals surface area contributed by atoms with E-state index in [1.54, 1.807) is 42.5 Å². The SMILES string of the molecule is O=C(c1ccc(OP(=O)(O)Oc2ccccc2)cc1)C(Cc1ccccc1)Cc1ccc(Cl)cc1. The Morgan fingerprint density at radius 1 is 0.714 bits per heavy atom. The molecule has 1 N–H and O–H groups in total. The van der Waals surface area contributed by atoms with Crippen LogP contribution in [0.4, 0.5) is 0 Å². The monoisotopic (exact) mass is 506 g/mol. The zero-order valence-corrected chi connectivity index (χ0v) is 20.4. The largest absolute Gasteiger partial charge is 0.584 e. The summed E-state index contributed by atoms with van der Waals surface area (Å²) in [7, 11) is -4.39. The van der Waals surface area contributed by atoms with E-state index < -0.39 is 7.82 Å². The number of carbonyl (C=O) groups excluding carboxylic acids is 1. The fourth-order valence-electron chi connectivity index (χ4n) is 3.74. The highest BCUT2D eigenvalue weighted by molar-refractivity contribution is 7.48. The van der Waals surface area contributed by atoms with E-state index in [4.69, 9.17) is 20.6 Å². The molecule has 0 spiro atoms. The van der Waals surface area contributed by atoms with Crippen LogP contribution in [-0.4, -0.2) is 10.7 Å². The first-order valence-corrected chi connectivity index (χ1v) is 12.9. The molecule has 178 valence electrons. The summed E-state index contributed by atoms with van der Waals surface area (Å²) in [5.74, 6) is 0.0236. The third kappa shape index (κ3) is 7.30. The predicted molar refractivity (Wildman–Crippen MR) is 137 cm³/mol. The fourth-order valence-corrected chi connectivity index (χ4v) is 4.68. The molecule has 4 rings (SSSR count). The van der Waals surface area contributed by atoms with Crippen molar-refractivity contribution in [3.63, 3.8) is 0 Å². The second kappa shape index (κ2) is 11.4. The van der Waals surface area contributed by atoms with Gasteiger partial charge in [-0.2, -0.15) is 0 Å². The van der Waals surface area contributed by atoms with Gasteiger partial charge in [0.1, 0.15) is 11.5 Å².